The summed E-state index contributed by atoms with van der Waals surface area (Å²) in [5, 5.41) is 7.63. The number of nitrogens with one attached hydrogen (secondary N) is 1. The standard InChI is InChI=1S/C26H39N3O5/c1-17(2)33-22(30)14-21-23(26(7,8)16-27-24(31)34-25(4,5)6)18(3)28-29(21)15-19-10-12-20(32-9)13-11-19/h10-13,17H,14-16H2,1-9H3,(H,27,31). The Labute approximate surface area is 203 Å². The Kier molecular flexibility index (Phi) is 8.75. The number of aromatic nitrogens is 2. The Hall–Kier alpha value is -3.03. The summed E-state index contributed by atoms with van der Waals surface area (Å²) in [5.41, 5.74) is 2.42. The molecule has 188 valence electrons. The van der Waals surface area contributed by atoms with Gasteiger partial charge < -0.3 is 19.5 Å². The Bertz CT molecular complexity index is 985. The van der Waals surface area contributed by atoms with Crippen LogP contribution in [0.1, 0.15) is 71.0 Å². The fourth-order valence-electron chi connectivity index (χ4n) is 3.86. The zero-order valence-corrected chi connectivity index (χ0v) is 21.9. The van der Waals surface area contributed by atoms with Gasteiger partial charge >= 0.3 is 12.1 Å². The van der Waals surface area contributed by atoms with Gasteiger partial charge in [-0.2, -0.15) is 5.10 Å². The van der Waals surface area contributed by atoms with Crippen molar-refractivity contribution in [3.63, 3.8) is 0 Å². The number of methoxy groups -OCH3 is 1. The summed E-state index contributed by atoms with van der Waals surface area (Å²) < 4.78 is 17.9. The third-order valence-electron chi connectivity index (χ3n) is 5.15. The van der Waals surface area contributed by atoms with Crippen molar-refractivity contribution >= 4 is 12.1 Å². The molecule has 0 fully saturated rings. The van der Waals surface area contributed by atoms with Crippen LogP contribution in [-0.4, -0.2) is 47.2 Å². The topological polar surface area (TPSA) is 91.7 Å². The van der Waals surface area contributed by atoms with Gasteiger partial charge in [-0.05, 0) is 59.2 Å². The number of alkyl carbamates (subject to hydrolysis) is 1. The van der Waals surface area contributed by atoms with Crippen molar-refractivity contribution in [1.82, 2.24) is 15.1 Å². The number of rotatable bonds is 9. The summed E-state index contributed by atoms with van der Waals surface area (Å²) in [6.07, 6.45) is -0.609. The lowest BCUT2D eigenvalue weighted by Crippen LogP contribution is -2.40. The Morgan fingerprint density at radius 2 is 1.71 bits per heavy atom. The predicted molar refractivity (Wildman–Crippen MR) is 131 cm³/mol. The van der Waals surface area contributed by atoms with Gasteiger partial charge in [0, 0.05) is 17.5 Å². The smallest absolute Gasteiger partial charge is 0.407 e. The van der Waals surface area contributed by atoms with Crippen molar-refractivity contribution < 1.29 is 23.8 Å². The first-order valence-corrected chi connectivity index (χ1v) is 11.6. The molecule has 34 heavy (non-hydrogen) atoms. The minimum Gasteiger partial charge on any atom is -0.497 e. The van der Waals surface area contributed by atoms with Crippen LogP contribution in [0.15, 0.2) is 24.3 Å². The van der Waals surface area contributed by atoms with Crippen LogP contribution < -0.4 is 10.1 Å². The van der Waals surface area contributed by atoms with Gasteiger partial charge in [-0.25, -0.2) is 4.79 Å². The number of ether oxygens (including phenoxy) is 3. The second-order valence-electron chi connectivity index (χ2n) is 10.4. The molecule has 1 N–H and O–H groups in total. The molecule has 0 unspecified atom stereocenters. The Morgan fingerprint density at radius 1 is 1.09 bits per heavy atom. The first-order valence-electron chi connectivity index (χ1n) is 11.6. The number of carbonyl (C=O) groups is 2. The van der Waals surface area contributed by atoms with Gasteiger partial charge in [-0.1, -0.05) is 26.0 Å². The largest absolute Gasteiger partial charge is 0.497 e. The highest BCUT2D eigenvalue weighted by atomic mass is 16.6. The normalized spacial score (nSPS) is 11.9. The van der Waals surface area contributed by atoms with Crippen LogP contribution in [0.2, 0.25) is 0 Å². The van der Waals surface area contributed by atoms with E-state index in [2.05, 4.69) is 5.32 Å². The van der Waals surface area contributed by atoms with Gasteiger partial charge in [0.1, 0.15) is 11.4 Å². The Balaban J connectivity index is 2.38. The highest BCUT2D eigenvalue weighted by Gasteiger charge is 2.32. The van der Waals surface area contributed by atoms with E-state index in [1.165, 1.54) is 0 Å². The zero-order valence-electron chi connectivity index (χ0n) is 21.9. The SMILES string of the molecule is COc1ccc(Cn2nc(C)c(C(C)(C)CNC(=O)OC(C)(C)C)c2CC(=O)OC(C)C)cc1. The molecule has 0 aliphatic heterocycles. The molecule has 8 nitrogen and oxygen atoms in total. The summed E-state index contributed by atoms with van der Waals surface area (Å²) in [4.78, 5) is 24.9. The maximum Gasteiger partial charge on any atom is 0.407 e. The highest BCUT2D eigenvalue weighted by molar-refractivity contribution is 5.73. The molecule has 0 saturated heterocycles. The zero-order chi connectivity index (χ0) is 25.7. The summed E-state index contributed by atoms with van der Waals surface area (Å²) >= 11 is 0. The molecular weight excluding hydrogens is 434 g/mol. The molecule has 0 atom stereocenters. The van der Waals surface area contributed by atoms with Crippen LogP contribution in [0.25, 0.3) is 0 Å². The Morgan fingerprint density at radius 3 is 2.24 bits per heavy atom. The molecule has 0 aliphatic carbocycles. The second kappa shape index (κ2) is 10.9. The first-order chi connectivity index (χ1) is 15.7. The second-order valence-corrected chi connectivity index (χ2v) is 10.4. The van der Waals surface area contributed by atoms with Crippen molar-refractivity contribution in [1.29, 1.82) is 0 Å². The summed E-state index contributed by atoms with van der Waals surface area (Å²) in [5.74, 6) is 0.458. The average Bonchev–Trinajstić information content (AvgIpc) is 3.00. The van der Waals surface area contributed by atoms with Gasteiger partial charge in [0.2, 0.25) is 0 Å². The summed E-state index contributed by atoms with van der Waals surface area (Å²) in [6, 6.07) is 7.74. The lowest BCUT2D eigenvalue weighted by molar-refractivity contribution is -0.146. The van der Waals surface area contributed by atoms with E-state index in [1.807, 2.05) is 84.3 Å². The van der Waals surface area contributed by atoms with E-state index in [4.69, 9.17) is 19.3 Å². The molecule has 1 aromatic heterocycles. The number of carbonyl (C=O) groups excluding carboxylic acids is 2. The molecule has 0 saturated carbocycles. The molecule has 0 spiro atoms. The predicted octanol–water partition coefficient (Wildman–Crippen LogP) is 4.54. The molecule has 8 heteroatoms. The van der Waals surface area contributed by atoms with Crippen molar-refractivity contribution in [2.45, 2.75) is 85.5 Å². The number of hydrogen-bond donors (Lipinski definition) is 1. The molecule has 1 amide bonds. The molecule has 2 rings (SSSR count). The summed E-state index contributed by atoms with van der Waals surface area (Å²) in [7, 11) is 1.63. The third kappa shape index (κ3) is 7.78. The van der Waals surface area contributed by atoms with Crippen LogP contribution in [0.4, 0.5) is 4.79 Å². The number of amides is 1. The van der Waals surface area contributed by atoms with Crippen molar-refractivity contribution in [3.8, 4) is 5.75 Å². The molecule has 0 radical (unpaired) electrons. The van der Waals surface area contributed by atoms with Crippen molar-refractivity contribution in [2.75, 3.05) is 13.7 Å². The van der Waals surface area contributed by atoms with Gasteiger partial charge in [-0.15, -0.1) is 0 Å². The van der Waals surface area contributed by atoms with Crippen LogP contribution >= 0.6 is 0 Å². The maximum atomic E-state index is 12.7. The van der Waals surface area contributed by atoms with Crippen molar-refractivity contribution in [2.24, 2.45) is 0 Å². The third-order valence-corrected chi connectivity index (χ3v) is 5.15. The van der Waals surface area contributed by atoms with Gasteiger partial charge in [-0.3, -0.25) is 9.48 Å². The van der Waals surface area contributed by atoms with Gasteiger partial charge in [0.15, 0.2) is 0 Å². The molecule has 0 aliphatic rings. The van der Waals surface area contributed by atoms with E-state index in [0.717, 1.165) is 28.3 Å². The maximum absolute atomic E-state index is 12.7. The fourth-order valence-corrected chi connectivity index (χ4v) is 3.86. The monoisotopic (exact) mass is 473 g/mol. The van der Waals surface area contributed by atoms with E-state index in [0.29, 0.717) is 13.1 Å². The summed E-state index contributed by atoms with van der Waals surface area (Å²) in [6.45, 7) is 15.9. The molecule has 1 aromatic carbocycles. The number of nitrogens with zero attached hydrogens (tertiary/aromatic N) is 2. The average molecular weight is 474 g/mol. The van der Waals surface area contributed by atoms with E-state index < -0.39 is 17.1 Å². The number of benzene rings is 1. The van der Waals surface area contributed by atoms with Crippen LogP contribution in [0, 0.1) is 6.92 Å². The van der Waals surface area contributed by atoms with E-state index in [9.17, 15) is 9.59 Å². The van der Waals surface area contributed by atoms with Gasteiger partial charge in [0.05, 0.1) is 37.6 Å². The number of hydrogen-bond acceptors (Lipinski definition) is 6. The van der Waals surface area contributed by atoms with Gasteiger partial charge in [0.25, 0.3) is 0 Å². The van der Waals surface area contributed by atoms with Crippen molar-refractivity contribution in [3.05, 3.63) is 46.8 Å². The molecule has 0 bridgehead atoms. The quantitative estimate of drug-likeness (QED) is 0.538. The van der Waals surface area contributed by atoms with Crippen LogP contribution in [-0.2, 0) is 32.6 Å². The number of aryl methyl sites for hydroxylation is 1. The lowest BCUT2D eigenvalue weighted by atomic mass is 9.82. The van der Waals surface area contributed by atoms with Crippen LogP contribution in [0.3, 0.4) is 0 Å². The minimum absolute atomic E-state index is 0.0837. The van der Waals surface area contributed by atoms with Crippen LogP contribution in [0.5, 0.6) is 5.75 Å². The minimum atomic E-state index is -0.584. The number of esters is 1. The first kappa shape index (κ1) is 27.2. The lowest BCUT2D eigenvalue weighted by Gasteiger charge is -2.28. The molecule has 2 aromatic rings. The molecule has 1 heterocycles. The van der Waals surface area contributed by atoms with E-state index in [-0.39, 0.29) is 18.5 Å². The van der Waals surface area contributed by atoms with E-state index >= 15 is 0 Å². The van der Waals surface area contributed by atoms with E-state index in [1.54, 1.807) is 7.11 Å². The fraction of sp³-hybridized carbons (Fsp3) is 0.577. The molecular formula is C26H39N3O5. The highest BCUT2D eigenvalue weighted by Crippen LogP contribution is 2.31.